The predicted octanol–water partition coefficient (Wildman–Crippen LogP) is 2.05. The minimum absolute atomic E-state index is 0.324. The van der Waals surface area contributed by atoms with E-state index in [1.54, 1.807) is 14.0 Å². The zero-order valence-electron chi connectivity index (χ0n) is 12.2. The van der Waals surface area contributed by atoms with Gasteiger partial charge in [-0.3, -0.25) is 0 Å². The largest absolute Gasteiger partial charge is 0.497 e. The van der Waals surface area contributed by atoms with Crippen LogP contribution in [0, 0.1) is 0 Å². The Morgan fingerprint density at radius 1 is 1.43 bits per heavy atom. The van der Waals surface area contributed by atoms with Gasteiger partial charge >= 0.3 is 5.97 Å². The summed E-state index contributed by atoms with van der Waals surface area (Å²) >= 11 is 5.19. The van der Waals surface area contributed by atoms with Gasteiger partial charge < -0.3 is 20.1 Å². The van der Waals surface area contributed by atoms with Gasteiger partial charge in [-0.1, -0.05) is 12.1 Å². The van der Waals surface area contributed by atoms with Crippen LogP contribution in [0.5, 0.6) is 5.75 Å². The van der Waals surface area contributed by atoms with Crippen molar-refractivity contribution in [2.75, 3.05) is 13.7 Å². The van der Waals surface area contributed by atoms with E-state index in [0.29, 0.717) is 23.0 Å². The molecule has 2 rings (SSSR count). The van der Waals surface area contributed by atoms with Crippen LogP contribution in [0.15, 0.2) is 35.5 Å². The van der Waals surface area contributed by atoms with Crippen molar-refractivity contribution in [3.05, 3.63) is 41.1 Å². The van der Waals surface area contributed by atoms with Crippen LogP contribution in [-0.2, 0) is 9.53 Å². The van der Waals surface area contributed by atoms with Crippen LogP contribution in [0.25, 0.3) is 0 Å². The van der Waals surface area contributed by atoms with Gasteiger partial charge in [-0.15, -0.1) is 0 Å². The Morgan fingerprint density at radius 3 is 2.86 bits per heavy atom. The van der Waals surface area contributed by atoms with Crippen molar-refractivity contribution in [3.8, 4) is 5.75 Å². The van der Waals surface area contributed by atoms with Crippen molar-refractivity contribution < 1.29 is 14.3 Å². The van der Waals surface area contributed by atoms with Crippen LogP contribution in [0.2, 0.25) is 0 Å². The van der Waals surface area contributed by atoms with Gasteiger partial charge in [0, 0.05) is 5.70 Å². The number of methoxy groups -OCH3 is 1. The summed E-state index contributed by atoms with van der Waals surface area (Å²) in [5, 5.41) is 6.55. The summed E-state index contributed by atoms with van der Waals surface area (Å²) in [6.07, 6.45) is 0. The second-order valence-corrected chi connectivity index (χ2v) is 4.98. The van der Waals surface area contributed by atoms with E-state index in [2.05, 4.69) is 10.6 Å². The number of allylic oxidation sites excluding steroid dienone is 1. The van der Waals surface area contributed by atoms with Crippen molar-refractivity contribution in [1.82, 2.24) is 10.6 Å². The molecule has 1 aliphatic rings. The molecule has 2 N–H and O–H groups in total. The molecule has 1 aromatic carbocycles. The van der Waals surface area contributed by atoms with Crippen molar-refractivity contribution >= 4 is 23.3 Å². The van der Waals surface area contributed by atoms with Gasteiger partial charge in [-0.25, -0.2) is 4.79 Å². The lowest BCUT2D eigenvalue weighted by Crippen LogP contribution is -2.45. The number of hydrogen-bond donors (Lipinski definition) is 2. The average molecular weight is 306 g/mol. The molecule has 0 amide bonds. The third-order valence-electron chi connectivity index (χ3n) is 3.19. The molecule has 0 aliphatic carbocycles. The van der Waals surface area contributed by atoms with E-state index in [1.165, 1.54) is 0 Å². The Bertz CT molecular complexity index is 598. The fraction of sp³-hybridized carbons (Fsp3) is 0.333. The Labute approximate surface area is 129 Å². The molecule has 1 heterocycles. The predicted molar refractivity (Wildman–Crippen MR) is 83.9 cm³/mol. The number of esters is 1. The number of hydrogen-bond acceptors (Lipinski definition) is 4. The standard InChI is InChI=1S/C15H18N2O3S/c1-4-20-14(18)12-9(2)16-15(21)17-13(12)10-6-5-7-11(8-10)19-3/h5-8,13H,4H2,1-3H3,(H2,16,17,21)/t13-/m1/s1. The van der Waals surface area contributed by atoms with Crippen LogP contribution in [0.4, 0.5) is 0 Å². The highest BCUT2D eigenvalue weighted by Crippen LogP contribution is 2.29. The maximum Gasteiger partial charge on any atom is 0.338 e. The fourth-order valence-corrected chi connectivity index (χ4v) is 2.52. The summed E-state index contributed by atoms with van der Waals surface area (Å²) < 4.78 is 10.4. The lowest BCUT2D eigenvalue weighted by atomic mass is 9.95. The van der Waals surface area contributed by atoms with Crippen molar-refractivity contribution in [1.29, 1.82) is 0 Å². The summed E-state index contributed by atoms with van der Waals surface area (Å²) in [6, 6.07) is 7.16. The van der Waals surface area contributed by atoms with E-state index in [-0.39, 0.29) is 12.0 Å². The molecule has 6 heteroatoms. The molecule has 1 aliphatic heterocycles. The number of ether oxygens (including phenoxy) is 2. The summed E-state index contributed by atoms with van der Waals surface area (Å²) in [5.74, 6) is 0.366. The van der Waals surface area contributed by atoms with E-state index in [4.69, 9.17) is 21.7 Å². The van der Waals surface area contributed by atoms with E-state index < -0.39 is 0 Å². The van der Waals surface area contributed by atoms with E-state index in [1.807, 2.05) is 31.2 Å². The minimum Gasteiger partial charge on any atom is -0.497 e. The van der Waals surface area contributed by atoms with Crippen LogP contribution in [-0.4, -0.2) is 24.8 Å². The fourth-order valence-electron chi connectivity index (χ4n) is 2.24. The van der Waals surface area contributed by atoms with Gasteiger partial charge in [0.15, 0.2) is 5.11 Å². The van der Waals surface area contributed by atoms with E-state index >= 15 is 0 Å². The Morgan fingerprint density at radius 2 is 2.19 bits per heavy atom. The summed E-state index contributed by atoms with van der Waals surface area (Å²) in [5.41, 5.74) is 2.12. The van der Waals surface area contributed by atoms with Gasteiger partial charge in [0.1, 0.15) is 5.75 Å². The second-order valence-electron chi connectivity index (χ2n) is 4.57. The Balaban J connectivity index is 2.44. The average Bonchev–Trinajstić information content (AvgIpc) is 2.46. The van der Waals surface area contributed by atoms with Gasteiger partial charge in [0.2, 0.25) is 0 Å². The van der Waals surface area contributed by atoms with Gasteiger partial charge in [-0.2, -0.15) is 0 Å². The molecule has 112 valence electrons. The zero-order valence-corrected chi connectivity index (χ0v) is 13.0. The quantitative estimate of drug-likeness (QED) is 0.656. The zero-order chi connectivity index (χ0) is 15.4. The molecule has 5 nitrogen and oxygen atoms in total. The third-order valence-corrected chi connectivity index (χ3v) is 3.41. The van der Waals surface area contributed by atoms with Crippen LogP contribution in [0.1, 0.15) is 25.5 Å². The third kappa shape index (κ3) is 3.33. The molecule has 21 heavy (non-hydrogen) atoms. The monoisotopic (exact) mass is 306 g/mol. The molecule has 0 radical (unpaired) electrons. The highest BCUT2D eigenvalue weighted by molar-refractivity contribution is 7.80. The highest BCUT2D eigenvalue weighted by Gasteiger charge is 2.30. The lowest BCUT2D eigenvalue weighted by Gasteiger charge is -2.29. The summed E-state index contributed by atoms with van der Waals surface area (Å²) in [6.45, 7) is 3.92. The minimum atomic E-state index is -0.356. The molecule has 0 spiro atoms. The van der Waals surface area contributed by atoms with Gasteiger partial charge in [0.25, 0.3) is 0 Å². The smallest absolute Gasteiger partial charge is 0.338 e. The highest BCUT2D eigenvalue weighted by atomic mass is 32.1. The second kappa shape index (κ2) is 6.58. The molecule has 0 bridgehead atoms. The molecular formula is C15H18N2O3S. The SMILES string of the molecule is CCOC(=O)C1=C(C)NC(=S)N[C@@H]1c1cccc(OC)c1. The van der Waals surface area contributed by atoms with Crippen molar-refractivity contribution in [2.24, 2.45) is 0 Å². The molecule has 0 saturated heterocycles. The first-order chi connectivity index (χ1) is 10.1. The number of carbonyl (C=O) groups excluding carboxylic acids is 1. The first-order valence-electron chi connectivity index (χ1n) is 6.66. The molecule has 1 aromatic rings. The molecule has 0 saturated carbocycles. The first kappa shape index (κ1) is 15.3. The number of carbonyl (C=O) groups is 1. The normalized spacial score (nSPS) is 17.9. The van der Waals surface area contributed by atoms with Gasteiger partial charge in [0.05, 0.1) is 25.3 Å². The number of nitrogens with one attached hydrogen (secondary N) is 2. The lowest BCUT2D eigenvalue weighted by molar-refractivity contribution is -0.139. The Kier molecular flexibility index (Phi) is 4.80. The van der Waals surface area contributed by atoms with E-state index in [9.17, 15) is 4.79 Å². The summed E-state index contributed by atoms with van der Waals surface area (Å²) in [4.78, 5) is 12.2. The van der Waals surface area contributed by atoms with Crippen LogP contribution in [0.3, 0.4) is 0 Å². The number of benzene rings is 1. The van der Waals surface area contributed by atoms with Crippen LogP contribution < -0.4 is 15.4 Å². The number of thiocarbonyl (C=S) groups is 1. The molecular weight excluding hydrogens is 288 g/mol. The van der Waals surface area contributed by atoms with Crippen LogP contribution >= 0.6 is 12.2 Å². The first-order valence-corrected chi connectivity index (χ1v) is 7.07. The maximum absolute atomic E-state index is 12.2. The summed E-state index contributed by atoms with van der Waals surface area (Å²) in [7, 11) is 1.60. The van der Waals surface area contributed by atoms with Crippen molar-refractivity contribution in [3.63, 3.8) is 0 Å². The van der Waals surface area contributed by atoms with Crippen molar-refractivity contribution in [2.45, 2.75) is 19.9 Å². The number of rotatable bonds is 4. The molecule has 0 unspecified atom stereocenters. The topological polar surface area (TPSA) is 59.6 Å². The Hall–Kier alpha value is -2.08. The van der Waals surface area contributed by atoms with E-state index in [0.717, 1.165) is 11.3 Å². The van der Waals surface area contributed by atoms with Gasteiger partial charge in [-0.05, 0) is 43.8 Å². The molecule has 0 fully saturated rings. The molecule has 1 atom stereocenters. The maximum atomic E-state index is 12.2. The molecule has 0 aromatic heterocycles.